The molecule has 3 saturated heterocycles. The van der Waals surface area contributed by atoms with Crippen LogP contribution >= 0.6 is 0 Å². The summed E-state index contributed by atoms with van der Waals surface area (Å²) in [5.41, 5.74) is 0. The van der Waals surface area contributed by atoms with Gasteiger partial charge < -0.3 is 9.64 Å². The summed E-state index contributed by atoms with van der Waals surface area (Å²) in [7, 11) is -0.531. The molecule has 3 aliphatic heterocycles. The summed E-state index contributed by atoms with van der Waals surface area (Å²) < 4.78 is 70.7. The van der Waals surface area contributed by atoms with E-state index in [1.54, 1.807) is 23.3 Å². The molecule has 1 amide bonds. The maximum absolute atomic E-state index is 13.8. The predicted molar refractivity (Wildman–Crippen MR) is 124 cm³/mol. The molecule has 3 fully saturated rings. The summed E-state index contributed by atoms with van der Waals surface area (Å²) >= 11 is 0. The molecule has 3 aliphatic rings. The summed E-state index contributed by atoms with van der Waals surface area (Å²) in [5, 5.41) is 0. The summed E-state index contributed by atoms with van der Waals surface area (Å²) in [6.45, 7) is 2.47. The molecule has 0 aliphatic carbocycles. The number of hydrogen-bond donors (Lipinski definition) is 0. The molecule has 0 saturated carbocycles. The van der Waals surface area contributed by atoms with Gasteiger partial charge in [0.2, 0.25) is 15.9 Å². The van der Waals surface area contributed by atoms with Gasteiger partial charge in [-0.2, -0.15) is 4.31 Å². The minimum absolute atomic E-state index is 0.0104. The van der Waals surface area contributed by atoms with Gasteiger partial charge in [0, 0.05) is 39.1 Å². The number of carbonyl (C=O) groups excluding carboxylic acids is 1. The number of hydrogen-bond acceptors (Lipinski definition) is 5. The van der Waals surface area contributed by atoms with Gasteiger partial charge in [-0.25, -0.2) is 8.42 Å². The van der Waals surface area contributed by atoms with Crippen molar-refractivity contribution in [3.8, 4) is 5.75 Å². The first-order valence-corrected chi connectivity index (χ1v) is 13.7. The minimum atomic E-state index is -4.84. The number of halogens is 3. The molecule has 0 N–H and O–H groups in total. The second-order valence-corrected chi connectivity index (χ2v) is 12.0. The predicted octanol–water partition coefficient (Wildman–Crippen LogP) is 3.71. The average molecular weight is 518 g/mol. The number of sulfonamides is 1. The average Bonchev–Trinajstić information content (AvgIpc) is 2.79. The monoisotopic (exact) mass is 517 g/mol. The van der Waals surface area contributed by atoms with E-state index < -0.39 is 22.1 Å². The standard InChI is InChI=1S/C24H34F3N3O4S/c1-28(2)22(31)9-3-8-21-20-7-5-15-29-14-4-6-17(23(20)29)16-30(21)35(32,33)19-12-10-18(11-13-19)34-24(25,26)27/h10-13,17,20-21,23H,3-9,14-16H2,1-2H3/t17-,20+,21+,23-/m0/s1. The van der Waals surface area contributed by atoms with Gasteiger partial charge in [0.15, 0.2) is 0 Å². The Morgan fingerprint density at radius 3 is 2.40 bits per heavy atom. The molecule has 0 radical (unpaired) electrons. The molecule has 0 aromatic heterocycles. The van der Waals surface area contributed by atoms with E-state index in [4.69, 9.17) is 0 Å². The van der Waals surface area contributed by atoms with Crippen molar-refractivity contribution >= 4 is 15.9 Å². The largest absolute Gasteiger partial charge is 0.573 e. The number of rotatable bonds is 7. The smallest absolute Gasteiger partial charge is 0.406 e. The molecule has 0 unspecified atom stereocenters. The third kappa shape index (κ3) is 5.77. The lowest BCUT2D eigenvalue weighted by atomic mass is 9.70. The van der Waals surface area contributed by atoms with Crippen molar-refractivity contribution in [2.45, 2.75) is 68.3 Å². The zero-order valence-corrected chi connectivity index (χ0v) is 21.0. The Balaban J connectivity index is 1.61. The second-order valence-electron chi connectivity index (χ2n) is 10.1. The Bertz CT molecular complexity index is 998. The fourth-order valence-electron chi connectivity index (χ4n) is 6.23. The Morgan fingerprint density at radius 2 is 1.77 bits per heavy atom. The van der Waals surface area contributed by atoms with Crippen molar-refractivity contribution in [1.29, 1.82) is 0 Å². The third-order valence-corrected chi connectivity index (χ3v) is 9.58. The molecule has 1 aromatic carbocycles. The number of nitrogens with zero attached hydrogens (tertiary/aromatic N) is 3. The van der Waals surface area contributed by atoms with E-state index in [1.165, 1.54) is 12.1 Å². The summed E-state index contributed by atoms with van der Waals surface area (Å²) in [4.78, 5) is 16.2. The lowest BCUT2D eigenvalue weighted by molar-refractivity contribution is -0.274. The second kappa shape index (κ2) is 10.3. The first-order valence-electron chi connectivity index (χ1n) is 12.3. The van der Waals surface area contributed by atoms with Crippen LogP contribution < -0.4 is 4.74 Å². The van der Waals surface area contributed by atoms with Crippen LogP contribution in [0, 0.1) is 11.8 Å². The van der Waals surface area contributed by atoms with Gasteiger partial charge >= 0.3 is 6.36 Å². The lowest BCUT2D eigenvalue weighted by Gasteiger charge is -2.57. The van der Waals surface area contributed by atoms with Gasteiger partial charge in [0.25, 0.3) is 0 Å². The van der Waals surface area contributed by atoms with E-state index in [9.17, 15) is 26.4 Å². The van der Waals surface area contributed by atoms with Crippen LogP contribution in [0.3, 0.4) is 0 Å². The van der Waals surface area contributed by atoms with Gasteiger partial charge in [0.05, 0.1) is 4.90 Å². The van der Waals surface area contributed by atoms with Gasteiger partial charge in [-0.15, -0.1) is 13.2 Å². The quantitative estimate of drug-likeness (QED) is 0.552. The number of ether oxygens (including phenoxy) is 1. The minimum Gasteiger partial charge on any atom is -0.406 e. The molecule has 35 heavy (non-hydrogen) atoms. The molecule has 11 heteroatoms. The first-order chi connectivity index (χ1) is 16.5. The summed E-state index contributed by atoms with van der Waals surface area (Å²) in [6, 6.07) is 4.55. The fraction of sp³-hybridized carbons (Fsp3) is 0.708. The van der Waals surface area contributed by atoms with Crippen molar-refractivity contribution in [2.24, 2.45) is 11.8 Å². The molecular weight excluding hydrogens is 483 g/mol. The molecule has 4 rings (SSSR count). The molecule has 0 spiro atoms. The maximum atomic E-state index is 13.8. The van der Waals surface area contributed by atoms with Crippen LogP contribution in [0.5, 0.6) is 5.75 Å². The van der Waals surface area contributed by atoms with Crippen LogP contribution in [0.4, 0.5) is 13.2 Å². The van der Waals surface area contributed by atoms with Gasteiger partial charge in [0.1, 0.15) is 5.75 Å². The number of carbonyl (C=O) groups is 1. The van der Waals surface area contributed by atoms with E-state index in [1.807, 2.05) is 0 Å². The van der Waals surface area contributed by atoms with Crippen molar-refractivity contribution in [3.05, 3.63) is 24.3 Å². The third-order valence-electron chi connectivity index (χ3n) is 7.68. The highest BCUT2D eigenvalue weighted by atomic mass is 32.2. The molecule has 4 atom stereocenters. The molecule has 1 aromatic rings. The van der Waals surface area contributed by atoms with E-state index >= 15 is 0 Å². The fourth-order valence-corrected chi connectivity index (χ4v) is 7.98. The van der Waals surface area contributed by atoms with E-state index in [-0.39, 0.29) is 28.7 Å². The van der Waals surface area contributed by atoms with Crippen LogP contribution in [0.15, 0.2) is 29.2 Å². The molecule has 7 nitrogen and oxygen atoms in total. The Kier molecular flexibility index (Phi) is 7.68. The molecule has 3 heterocycles. The summed E-state index contributed by atoms with van der Waals surface area (Å²) in [6.07, 6.45) is 0.625. The normalized spacial score (nSPS) is 27.8. The highest BCUT2D eigenvalue weighted by molar-refractivity contribution is 7.89. The van der Waals surface area contributed by atoms with Crippen molar-refractivity contribution < 1.29 is 31.1 Å². The highest BCUT2D eigenvalue weighted by Crippen LogP contribution is 2.45. The zero-order valence-electron chi connectivity index (χ0n) is 20.2. The van der Waals surface area contributed by atoms with Gasteiger partial charge in [-0.05, 0) is 87.7 Å². The number of piperidine rings is 3. The van der Waals surface area contributed by atoms with Crippen LogP contribution in [0.25, 0.3) is 0 Å². The van der Waals surface area contributed by atoms with Crippen LogP contribution in [0.2, 0.25) is 0 Å². The Hall–Kier alpha value is -1.85. The Labute approximate surface area is 205 Å². The topological polar surface area (TPSA) is 70.2 Å². The molecule has 196 valence electrons. The van der Waals surface area contributed by atoms with Crippen molar-refractivity contribution in [3.63, 3.8) is 0 Å². The Morgan fingerprint density at radius 1 is 1.11 bits per heavy atom. The number of amides is 1. The van der Waals surface area contributed by atoms with Crippen molar-refractivity contribution in [1.82, 2.24) is 14.1 Å². The SMILES string of the molecule is CN(C)C(=O)CCC[C@@H]1[C@H]2CCCN3CCC[C@@H](CN1S(=O)(=O)c1ccc(OC(F)(F)F)cc1)[C@@H]23. The molecular formula is C24H34F3N3O4S. The zero-order chi connectivity index (χ0) is 25.4. The first kappa shape index (κ1) is 26.2. The highest BCUT2D eigenvalue weighted by Gasteiger charge is 2.51. The van der Waals surface area contributed by atoms with Crippen LogP contribution in [-0.4, -0.2) is 80.6 Å². The van der Waals surface area contributed by atoms with Gasteiger partial charge in [-0.3, -0.25) is 9.69 Å². The van der Waals surface area contributed by atoms with Gasteiger partial charge in [-0.1, -0.05) is 0 Å². The van der Waals surface area contributed by atoms with E-state index in [0.29, 0.717) is 31.8 Å². The van der Waals surface area contributed by atoms with E-state index in [0.717, 1.165) is 50.9 Å². The van der Waals surface area contributed by atoms with E-state index in [2.05, 4.69) is 9.64 Å². The number of benzene rings is 1. The number of alkyl halides is 3. The van der Waals surface area contributed by atoms with Crippen LogP contribution in [-0.2, 0) is 14.8 Å². The lowest BCUT2D eigenvalue weighted by Crippen LogP contribution is -2.65. The summed E-state index contributed by atoms with van der Waals surface area (Å²) in [5.74, 6) is -0.0309. The van der Waals surface area contributed by atoms with Crippen LogP contribution in [0.1, 0.15) is 44.9 Å². The molecule has 0 bridgehead atoms. The van der Waals surface area contributed by atoms with Crippen molar-refractivity contribution in [2.75, 3.05) is 33.7 Å². The maximum Gasteiger partial charge on any atom is 0.573 e.